The van der Waals surface area contributed by atoms with Crippen molar-refractivity contribution in [3.8, 4) is 11.5 Å². The largest absolute Gasteiger partial charge is 0.383 e. The van der Waals surface area contributed by atoms with Crippen LogP contribution < -0.4 is 5.73 Å². The van der Waals surface area contributed by atoms with Gasteiger partial charge in [0.2, 0.25) is 0 Å². The first-order valence-electron chi connectivity index (χ1n) is 5.28. The highest BCUT2D eigenvalue weighted by atomic mass is 15.0. The molecule has 0 fully saturated rings. The predicted molar refractivity (Wildman–Crippen MR) is 67.2 cm³/mol. The Morgan fingerprint density at radius 1 is 0.882 bits per heavy atom. The van der Waals surface area contributed by atoms with Gasteiger partial charge in [-0.05, 0) is 24.3 Å². The fourth-order valence-electron chi connectivity index (χ4n) is 1.71. The molecular weight excluding hydrogens is 212 g/mol. The second kappa shape index (κ2) is 3.83. The number of fused-ring (bicyclic) bond motifs is 1. The van der Waals surface area contributed by atoms with Gasteiger partial charge in [0.05, 0.1) is 5.52 Å². The van der Waals surface area contributed by atoms with Crippen LogP contribution in [0.25, 0.3) is 22.4 Å². The van der Waals surface area contributed by atoms with E-state index in [4.69, 9.17) is 5.73 Å². The third-order valence-electron chi connectivity index (χ3n) is 2.53. The molecule has 4 nitrogen and oxygen atoms in total. The first kappa shape index (κ1) is 9.72. The summed E-state index contributed by atoms with van der Waals surface area (Å²) in [6.07, 6.45) is 1.71. The number of aromatic nitrogens is 3. The van der Waals surface area contributed by atoms with E-state index in [-0.39, 0.29) is 0 Å². The molecule has 2 N–H and O–H groups in total. The average Bonchev–Trinajstić information content (AvgIpc) is 2.40. The maximum absolute atomic E-state index is 5.92. The second-order valence-electron chi connectivity index (χ2n) is 3.66. The summed E-state index contributed by atoms with van der Waals surface area (Å²) < 4.78 is 0. The molecule has 0 radical (unpaired) electrons. The Morgan fingerprint density at radius 2 is 1.71 bits per heavy atom. The van der Waals surface area contributed by atoms with Crippen LogP contribution in [-0.2, 0) is 0 Å². The van der Waals surface area contributed by atoms with Crippen molar-refractivity contribution in [1.29, 1.82) is 0 Å². The number of nitrogen functional groups attached to an aromatic ring is 1. The van der Waals surface area contributed by atoms with Crippen molar-refractivity contribution in [2.45, 2.75) is 0 Å². The molecule has 82 valence electrons. The van der Waals surface area contributed by atoms with E-state index in [1.807, 2.05) is 42.5 Å². The van der Waals surface area contributed by atoms with E-state index in [0.29, 0.717) is 11.6 Å². The summed E-state index contributed by atoms with van der Waals surface area (Å²) in [5.74, 6) is 1.04. The van der Waals surface area contributed by atoms with Crippen LogP contribution in [0.2, 0.25) is 0 Å². The molecule has 2 heterocycles. The number of anilines is 1. The predicted octanol–water partition coefficient (Wildman–Crippen LogP) is 2.27. The number of nitrogens with zero attached hydrogens (tertiary/aromatic N) is 3. The zero-order chi connectivity index (χ0) is 11.7. The molecular formula is C13H10N4. The number of benzene rings is 1. The molecule has 0 spiro atoms. The summed E-state index contributed by atoms with van der Waals surface area (Å²) in [4.78, 5) is 12.9. The van der Waals surface area contributed by atoms with Crippen LogP contribution in [0.3, 0.4) is 0 Å². The lowest BCUT2D eigenvalue weighted by molar-refractivity contribution is 1.18. The summed E-state index contributed by atoms with van der Waals surface area (Å²) in [6.45, 7) is 0. The van der Waals surface area contributed by atoms with Crippen LogP contribution in [-0.4, -0.2) is 15.0 Å². The molecule has 2 aromatic heterocycles. The molecule has 0 amide bonds. The van der Waals surface area contributed by atoms with Gasteiger partial charge in [0.1, 0.15) is 11.5 Å². The Morgan fingerprint density at radius 3 is 2.53 bits per heavy atom. The van der Waals surface area contributed by atoms with Crippen molar-refractivity contribution < 1.29 is 0 Å². The highest BCUT2D eigenvalue weighted by Gasteiger charge is 2.06. The van der Waals surface area contributed by atoms with Gasteiger partial charge >= 0.3 is 0 Å². The topological polar surface area (TPSA) is 64.7 Å². The van der Waals surface area contributed by atoms with Crippen molar-refractivity contribution >= 4 is 16.7 Å². The summed E-state index contributed by atoms with van der Waals surface area (Å²) in [5.41, 5.74) is 7.48. The standard InChI is InChI=1S/C13H10N4/c14-12-9-5-1-2-6-10(9)16-13(17-12)11-7-3-4-8-15-11/h1-8H,(H2,14,16,17). The molecule has 0 saturated heterocycles. The van der Waals surface area contributed by atoms with Crippen LogP contribution in [0, 0.1) is 0 Å². The average molecular weight is 222 g/mol. The molecule has 0 saturated carbocycles. The summed E-state index contributed by atoms with van der Waals surface area (Å²) in [7, 11) is 0. The highest BCUT2D eigenvalue weighted by molar-refractivity contribution is 5.89. The minimum absolute atomic E-state index is 0.483. The fraction of sp³-hybridized carbons (Fsp3) is 0. The molecule has 3 rings (SSSR count). The smallest absolute Gasteiger partial charge is 0.180 e. The van der Waals surface area contributed by atoms with Gasteiger partial charge in [-0.1, -0.05) is 18.2 Å². The van der Waals surface area contributed by atoms with Gasteiger partial charge in [0.25, 0.3) is 0 Å². The molecule has 3 aromatic rings. The summed E-state index contributed by atoms with van der Waals surface area (Å²) in [5, 5.41) is 0.868. The molecule has 0 unspecified atom stereocenters. The van der Waals surface area contributed by atoms with Crippen LogP contribution in [0.1, 0.15) is 0 Å². The number of pyridine rings is 1. The van der Waals surface area contributed by atoms with Crippen molar-refractivity contribution in [3.05, 3.63) is 48.7 Å². The van der Waals surface area contributed by atoms with Gasteiger partial charge in [-0.3, -0.25) is 4.98 Å². The molecule has 1 aromatic carbocycles. The molecule has 17 heavy (non-hydrogen) atoms. The Bertz CT molecular complexity index is 665. The van der Waals surface area contributed by atoms with Crippen LogP contribution in [0.15, 0.2) is 48.7 Å². The number of hydrogen-bond donors (Lipinski definition) is 1. The number of hydrogen-bond acceptors (Lipinski definition) is 4. The first-order chi connectivity index (χ1) is 8.34. The van der Waals surface area contributed by atoms with Crippen molar-refractivity contribution in [2.24, 2.45) is 0 Å². The van der Waals surface area contributed by atoms with Gasteiger partial charge in [0.15, 0.2) is 5.82 Å². The quantitative estimate of drug-likeness (QED) is 0.686. The molecule has 4 heteroatoms. The van der Waals surface area contributed by atoms with E-state index in [0.717, 1.165) is 16.6 Å². The zero-order valence-electron chi connectivity index (χ0n) is 9.04. The molecule has 0 aliphatic rings. The summed E-state index contributed by atoms with van der Waals surface area (Å²) in [6, 6.07) is 13.3. The number of nitrogens with two attached hydrogens (primary N) is 1. The number of para-hydroxylation sites is 1. The lowest BCUT2D eigenvalue weighted by atomic mass is 10.2. The van der Waals surface area contributed by atoms with E-state index in [2.05, 4.69) is 15.0 Å². The molecule has 0 atom stereocenters. The van der Waals surface area contributed by atoms with Crippen LogP contribution >= 0.6 is 0 Å². The van der Waals surface area contributed by atoms with Crippen LogP contribution in [0.4, 0.5) is 5.82 Å². The monoisotopic (exact) mass is 222 g/mol. The van der Waals surface area contributed by atoms with E-state index < -0.39 is 0 Å². The number of rotatable bonds is 1. The van der Waals surface area contributed by atoms with Crippen molar-refractivity contribution in [3.63, 3.8) is 0 Å². The van der Waals surface area contributed by atoms with Crippen molar-refractivity contribution in [1.82, 2.24) is 15.0 Å². The fourth-order valence-corrected chi connectivity index (χ4v) is 1.71. The molecule has 0 aliphatic heterocycles. The van der Waals surface area contributed by atoms with Crippen molar-refractivity contribution in [2.75, 3.05) is 5.73 Å². The van der Waals surface area contributed by atoms with Gasteiger partial charge in [-0.2, -0.15) is 0 Å². The van der Waals surface area contributed by atoms with E-state index in [9.17, 15) is 0 Å². The van der Waals surface area contributed by atoms with Gasteiger partial charge < -0.3 is 5.73 Å². The second-order valence-corrected chi connectivity index (χ2v) is 3.66. The third-order valence-corrected chi connectivity index (χ3v) is 2.53. The van der Waals surface area contributed by atoms with E-state index in [1.165, 1.54) is 0 Å². The minimum atomic E-state index is 0.483. The maximum Gasteiger partial charge on any atom is 0.180 e. The van der Waals surface area contributed by atoms with Gasteiger partial charge in [-0.15, -0.1) is 0 Å². The first-order valence-corrected chi connectivity index (χ1v) is 5.28. The highest BCUT2D eigenvalue weighted by Crippen LogP contribution is 2.21. The summed E-state index contributed by atoms with van der Waals surface area (Å²) >= 11 is 0. The lowest BCUT2D eigenvalue weighted by Crippen LogP contribution is -1.98. The molecule has 0 bridgehead atoms. The minimum Gasteiger partial charge on any atom is -0.383 e. The maximum atomic E-state index is 5.92. The van der Waals surface area contributed by atoms with Gasteiger partial charge in [0, 0.05) is 11.6 Å². The normalized spacial score (nSPS) is 10.6. The third kappa shape index (κ3) is 1.69. The molecule has 0 aliphatic carbocycles. The Kier molecular flexibility index (Phi) is 2.19. The Labute approximate surface area is 98.2 Å². The van der Waals surface area contributed by atoms with Crippen LogP contribution in [0.5, 0.6) is 0 Å². The van der Waals surface area contributed by atoms with E-state index in [1.54, 1.807) is 6.20 Å². The zero-order valence-corrected chi connectivity index (χ0v) is 9.04. The SMILES string of the molecule is Nc1nc(-c2ccccn2)nc2ccccc12. The van der Waals surface area contributed by atoms with E-state index >= 15 is 0 Å². The van der Waals surface area contributed by atoms with Gasteiger partial charge in [-0.25, -0.2) is 9.97 Å². The Balaban J connectivity index is 2.26. The lowest BCUT2D eigenvalue weighted by Gasteiger charge is -2.04. The Hall–Kier alpha value is -2.49.